The number of rotatable bonds is 9. The van der Waals surface area contributed by atoms with Crippen LogP contribution in [0.3, 0.4) is 0 Å². The number of sulfonamides is 1. The van der Waals surface area contributed by atoms with Gasteiger partial charge in [-0.15, -0.1) is 0 Å². The molecule has 2 bridgehead atoms. The Hall–Kier alpha value is -3.37. The van der Waals surface area contributed by atoms with Crippen LogP contribution in [0.15, 0.2) is 42.5 Å². The molecule has 246 valence electrons. The Kier molecular flexibility index (Phi) is 8.16. The predicted octanol–water partition coefficient (Wildman–Crippen LogP) is 5.53. The molecule has 2 amide bonds. The number of likely N-dealkylation sites (tertiary alicyclic amines) is 1. The number of amides is 2. The van der Waals surface area contributed by atoms with E-state index in [1.54, 1.807) is 13.2 Å². The third-order valence-electron chi connectivity index (χ3n) is 11.0. The van der Waals surface area contributed by atoms with Crippen molar-refractivity contribution in [3.05, 3.63) is 53.6 Å². The van der Waals surface area contributed by atoms with Gasteiger partial charge in [-0.3, -0.25) is 9.59 Å². The number of aromatic nitrogens is 1. The number of fused-ring (bicyclic) bond motifs is 3. The molecule has 2 aliphatic carbocycles. The first-order valence-electron chi connectivity index (χ1n) is 17.0. The summed E-state index contributed by atoms with van der Waals surface area (Å²) in [5.74, 6) is 0.602. The average Bonchev–Trinajstić information content (AvgIpc) is 3.71. The molecule has 2 atom stereocenters. The van der Waals surface area contributed by atoms with Crippen LogP contribution in [0.4, 0.5) is 0 Å². The van der Waals surface area contributed by atoms with Gasteiger partial charge >= 0.3 is 0 Å². The Labute approximate surface area is 272 Å². The van der Waals surface area contributed by atoms with E-state index in [-0.39, 0.29) is 23.7 Å². The van der Waals surface area contributed by atoms with E-state index < -0.39 is 21.3 Å². The number of benzene rings is 2. The fourth-order valence-electron chi connectivity index (χ4n) is 8.43. The molecule has 46 heavy (non-hydrogen) atoms. The smallest absolute Gasteiger partial charge is 0.264 e. The largest absolute Gasteiger partial charge is 0.497 e. The fourth-order valence-corrected chi connectivity index (χ4v) is 8.98. The van der Waals surface area contributed by atoms with Crippen molar-refractivity contribution >= 4 is 32.7 Å². The number of piperazine rings is 1. The first-order valence-corrected chi connectivity index (χ1v) is 18.6. The lowest BCUT2D eigenvalue weighted by atomic mass is 9.81. The van der Waals surface area contributed by atoms with Crippen LogP contribution in [0, 0.1) is 5.41 Å². The molecule has 0 spiro atoms. The Bertz CT molecular complexity index is 1740. The molecule has 1 aromatic heterocycles. The molecule has 9 nitrogen and oxygen atoms in total. The van der Waals surface area contributed by atoms with Gasteiger partial charge in [0.1, 0.15) is 5.75 Å². The number of carbonyl (C=O) groups is 2. The summed E-state index contributed by atoms with van der Waals surface area (Å²) in [7, 11) is 0.0948. The topological polar surface area (TPSA) is 101 Å². The lowest BCUT2D eigenvalue weighted by molar-refractivity contribution is -0.143. The highest BCUT2D eigenvalue weighted by Crippen LogP contribution is 2.53. The van der Waals surface area contributed by atoms with Crippen LogP contribution in [0.5, 0.6) is 5.75 Å². The summed E-state index contributed by atoms with van der Waals surface area (Å²) in [6, 6.07) is 14.3. The van der Waals surface area contributed by atoms with E-state index in [0.717, 1.165) is 79.5 Å². The van der Waals surface area contributed by atoms with Crippen molar-refractivity contribution in [1.29, 1.82) is 0 Å². The van der Waals surface area contributed by atoms with Crippen molar-refractivity contribution in [3.63, 3.8) is 0 Å². The molecular formula is C36H46N4O5S. The van der Waals surface area contributed by atoms with Crippen LogP contribution < -0.4 is 9.46 Å². The van der Waals surface area contributed by atoms with Crippen molar-refractivity contribution < 1.29 is 22.7 Å². The Morgan fingerprint density at radius 2 is 1.63 bits per heavy atom. The van der Waals surface area contributed by atoms with E-state index in [2.05, 4.69) is 38.3 Å². The van der Waals surface area contributed by atoms with E-state index in [1.807, 2.05) is 24.3 Å². The molecule has 2 saturated carbocycles. The zero-order valence-electron chi connectivity index (χ0n) is 27.3. The summed E-state index contributed by atoms with van der Waals surface area (Å²) in [6.45, 7) is 3.89. The molecule has 7 rings (SSSR count). The summed E-state index contributed by atoms with van der Waals surface area (Å²) >= 11 is 0. The SMILES string of the molecule is CCS(=O)(=O)NC(=O)c1ccc2c(C3CCCCC3)c(-c3ccc(OC)cc3)n(CC3(C(=O)N4C5CCC4CN(C)C5)CC3)c2c1. The summed E-state index contributed by atoms with van der Waals surface area (Å²) in [5, 5.41) is 1.08. The number of likely N-dealkylation sites (N-methyl/N-ethyl adjacent to an activating group) is 1. The predicted molar refractivity (Wildman–Crippen MR) is 179 cm³/mol. The van der Waals surface area contributed by atoms with Gasteiger partial charge in [-0.05, 0) is 106 Å². The maximum absolute atomic E-state index is 14.5. The molecule has 2 saturated heterocycles. The molecule has 10 heteroatoms. The maximum Gasteiger partial charge on any atom is 0.264 e. The van der Waals surface area contributed by atoms with Crippen LogP contribution in [-0.4, -0.2) is 79.7 Å². The van der Waals surface area contributed by atoms with Crippen molar-refractivity contribution in [3.8, 4) is 17.0 Å². The molecule has 3 heterocycles. The van der Waals surface area contributed by atoms with Gasteiger partial charge in [0.2, 0.25) is 15.9 Å². The average molecular weight is 647 g/mol. The minimum absolute atomic E-state index is 0.177. The minimum Gasteiger partial charge on any atom is -0.497 e. The number of hydrogen-bond donors (Lipinski definition) is 1. The number of nitrogens with one attached hydrogen (secondary N) is 1. The second-order valence-electron chi connectivity index (χ2n) is 14.1. The molecule has 2 unspecified atom stereocenters. The second-order valence-corrected chi connectivity index (χ2v) is 16.1. The van der Waals surface area contributed by atoms with Crippen LogP contribution in [-0.2, 0) is 21.4 Å². The van der Waals surface area contributed by atoms with Gasteiger partial charge in [0, 0.05) is 48.2 Å². The number of hydrogen-bond acceptors (Lipinski definition) is 6. The number of carbonyl (C=O) groups excluding carboxylic acids is 2. The van der Waals surface area contributed by atoms with E-state index in [4.69, 9.17) is 4.74 Å². The molecule has 4 aliphatic rings. The van der Waals surface area contributed by atoms with Crippen LogP contribution in [0.25, 0.3) is 22.2 Å². The Morgan fingerprint density at radius 3 is 2.24 bits per heavy atom. The highest BCUT2D eigenvalue weighted by atomic mass is 32.2. The first kappa shape index (κ1) is 31.2. The highest BCUT2D eigenvalue weighted by Gasteiger charge is 2.56. The standard InChI is InChI=1S/C36H46N4O5S/c1-4-46(43,44)37-34(41)26-12-17-30-31(20-26)39(23-36(18-19-36)35(42)40-27-13-14-28(40)22-38(2)21-27)33(25-10-15-29(45-3)16-11-25)32(30)24-8-6-5-7-9-24/h10-12,15-17,20,24,27-28H,4-9,13-14,18-19,21-23H2,1-3H3,(H,37,41). The van der Waals surface area contributed by atoms with Gasteiger partial charge in [-0.25, -0.2) is 13.1 Å². The van der Waals surface area contributed by atoms with E-state index >= 15 is 0 Å². The zero-order chi connectivity index (χ0) is 32.2. The van der Waals surface area contributed by atoms with E-state index in [1.165, 1.54) is 31.7 Å². The molecule has 3 aromatic rings. The van der Waals surface area contributed by atoms with Gasteiger partial charge < -0.3 is 19.1 Å². The normalized spacial score (nSPS) is 23.1. The zero-order valence-corrected chi connectivity index (χ0v) is 28.1. The molecular weight excluding hydrogens is 600 g/mol. The maximum atomic E-state index is 14.5. The summed E-state index contributed by atoms with van der Waals surface area (Å²) in [6.07, 6.45) is 9.56. The number of methoxy groups -OCH3 is 1. The fraction of sp³-hybridized carbons (Fsp3) is 0.556. The molecule has 4 fully saturated rings. The monoisotopic (exact) mass is 646 g/mol. The second kappa shape index (κ2) is 12.0. The lowest BCUT2D eigenvalue weighted by Crippen LogP contribution is -2.56. The quantitative estimate of drug-likeness (QED) is 0.328. The van der Waals surface area contributed by atoms with Crippen molar-refractivity contribution in [2.24, 2.45) is 5.41 Å². The molecule has 1 N–H and O–H groups in total. The van der Waals surface area contributed by atoms with Crippen LogP contribution >= 0.6 is 0 Å². The van der Waals surface area contributed by atoms with Crippen LogP contribution in [0.2, 0.25) is 0 Å². The lowest BCUT2D eigenvalue weighted by Gasteiger charge is -2.41. The third-order valence-corrected chi connectivity index (χ3v) is 12.3. The summed E-state index contributed by atoms with van der Waals surface area (Å²) in [4.78, 5) is 32.4. The van der Waals surface area contributed by atoms with Crippen molar-refractivity contribution in [2.45, 2.75) is 89.3 Å². The number of nitrogens with zero attached hydrogens (tertiary/aromatic N) is 3. The van der Waals surface area contributed by atoms with Crippen molar-refractivity contribution in [2.75, 3.05) is 33.0 Å². The number of ether oxygens (including phenoxy) is 1. The third kappa shape index (κ3) is 5.61. The van der Waals surface area contributed by atoms with Gasteiger partial charge in [-0.1, -0.05) is 25.3 Å². The Morgan fingerprint density at radius 1 is 0.957 bits per heavy atom. The van der Waals surface area contributed by atoms with Gasteiger partial charge in [-0.2, -0.15) is 0 Å². The summed E-state index contributed by atoms with van der Waals surface area (Å²) < 4.78 is 34.7. The van der Waals surface area contributed by atoms with Gasteiger partial charge in [0.15, 0.2) is 0 Å². The minimum atomic E-state index is -3.72. The Balaban J connectivity index is 1.38. The van der Waals surface area contributed by atoms with Crippen molar-refractivity contribution in [1.82, 2.24) is 19.1 Å². The van der Waals surface area contributed by atoms with Gasteiger partial charge in [0.25, 0.3) is 5.91 Å². The first-order chi connectivity index (χ1) is 22.1. The molecule has 2 aromatic carbocycles. The highest BCUT2D eigenvalue weighted by molar-refractivity contribution is 7.90. The molecule has 2 aliphatic heterocycles. The van der Waals surface area contributed by atoms with Gasteiger partial charge in [0.05, 0.1) is 24.0 Å². The molecule has 0 radical (unpaired) electrons. The van der Waals surface area contributed by atoms with E-state index in [0.29, 0.717) is 18.0 Å². The van der Waals surface area contributed by atoms with E-state index in [9.17, 15) is 18.0 Å². The summed E-state index contributed by atoms with van der Waals surface area (Å²) in [5.41, 5.74) is 4.12. The van der Waals surface area contributed by atoms with Crippen LogP contribution in [0.1, 0.15) is 86.6 Å².